The van der Waals surface area contributed by atoms with Crippen molar-refractivity contribution in [2.24, 2.45) is 0 Å². The second-order valence-corrected chi connectivity index (χ2v) is 34.1. The number of benzene rings is 10. The summed E-state index contributed by atoms with van der Waals surface area (Å²) in [6, 6.07) is 61.8. The van der Waals surface area contributed by atoms with Crippen LogP contribution in [0.2, 0.25) is 0 Å². The lowest BCUT2D eigenvalue weighted by molar-refractivity contribution is 0.131. The van der Waals surface area contributed by atoms with Crippen molar-refractivity contribution in [2.45, 2.75) is 90.9 Å². The monoisotopic (exact) mass is 1500 g/mol. The Bertz CT molecular complexity index is 5320. The maximum absolute atomic E-state index is 12.4. The van der Waals surface area contributed by atoms with Crippen molar-refractivity contribution in [3.05, 3.63) is 315 Å². The van der Waals surface area contributed by atoms with Crippen LogP contribution < -0.4 is 39.8 Å². The summed E-state index contributed by atoms with van der Waals surface area (Å²) in [4.78, 5) is 4.17. The predicted molar refractivity (Wildman–Crippen MR) is 421 cm³/mol. The van der Waals surface area contributed by atoms with Gasteiger partial charge in [-0.05, 0) is 243 Å². The van der Waals surface area contributed by atoms with Gasteiger partial charge in [0.05, 0.1) is 22.3 Å². The zero-order valence-corrected chi connectivity index (χ0v) is 64.8. The summed E-state index contributed by atoms with van der Waals surface area (Å²) in [5, 5.41) is 3.40. The third-order valence-electron chi connectivity index (χ3n) is 19.7. The Labute approximate surface area is 624 Å². The van der Waals surface area contributed by atoms with Crippen LogP contribution in [0.4, 0.5) is 0 Å². The second-order valence-electron chi connectivity index (χ2n) is 27.7. The number of hydrogen-bond acceptors (Lipinski definition) is 14. The maximum Gasteiger partial charge on any atom is 0.208 e. The molecular formula is C86H90N4O12S4-2. The molecule has 0 saturated carbocycles. The van der Waals surface area contributed by atoms with E-state index in [2.05, 4.69) is 160 Å². The molecule has 3 aliphatic rings. The average molecular weight is 1500 g/mol. The summed E-state index contributed by atoms with van der Waals surface area (Å²) in [5.74, 6) is 2.48. The SMILES string of the molecule is CS(=O)(=O)NCCCN1CCN(CCCNS(C)(=O)=O)CC1.Cc1cccc(C)c1/C=c1\ccc2c(c1)Oc1cc(Cc3c(C)cccc3C)ccc1C=2c1ccccc1S(=O)(=O)[O-].Cc1cccc(C)c1/C=c1\ccc2c(c1)Oc1cc(Cc3c(C)cccc3C)ccc1C=2c1ccccc1S(=O)(=O)[O-]. The van der Waals surface area contributed by atoms with E-state index in [1.807, 2.05) is 72.8 Å². The molecule has 0 amide bonds. The molecule has 1 saturated heterocycles. The van der Waals surface area contributed by atoms with Gasteiger partial charge in [0.2, 0.25) is 20.0 Å². The lowest BCUT2D eigenvalue weighted by Gasteiger charge is -2.34. The number of rotatable bonds is 20. The Balaban J connectivity index is 0.000000167. The fourth-order valence-electron chi connectivity index (χ4n) is 14.1. The van der Waals surface area contributed by atoms with Gasteiger partial charge in [-0.3, -0.25) is 0 Å². The van der Waals surface area contributed by atoms with Gasteiger partial charge in [0, 0.05) is 83.1 Å². The predicted octanol–water partition coefficient (Wildman–Crippen LogP) is 11.7. The van der Waals surface area contributed by atoms with E-state index in [0.717, 1.165) is 119 Å². The summed E-state index contributed by atoms with van der Waals surface area (Å²) in [7, 11) is -15.6. The minimum absolute atomic E-state index is 0.246. The summed E-state index contributed by atoms with van der Waals surface area (Å²) >= 11 is 0. The molecule has 10 aromatic carbocycles. The molecule has 0 aliphatic carbocycles. The van der Waals surface area contributed by atoms with Gasteiger partial charge < -0.3 is 28.4 Å². The van der Waals surface area contributed by atoms with Crippen LogP contribution in [0.25, 0.3) is 23.3 Å². The number of hydrogen-bond donors (Lipinski definition) is 2. The van der Waals surface area contributed by atoms with Crippen LogP contribution in [-0.4, -0.2) is 117 Å². The van der Waals surface area contributed by atoms with Crippen LogP contribution in [-0.2, 0) is 53.1 Å². The number of nitrogens with zero attached hydrogens (tertiary/aromatic N) is 2. The number of aryl methyl sites for hydroxylation is 8. The molecule has 16 nitrogen and oxygen atoms in total. The third kappa shape index (κ3) is 19.5. The first-order chi connectivity index (χ1) is 50.3. The van der Waals surface area contributed by atoms with Crippen molar-refractivity contribution >= 4 is 63.6 Å². The first-order valence-corrected chi connectivity index (χ1v) is 42.0. The normalized spacial score (nSPS) is 14.2. The van der Waals surface area contributed by atoms with Gasteiger partial charge in [-0.2, -0.15) is 0 Å². The summed E-state index contributed by atoms with van der Waals surface area (Å²) in [6.07, 6.45) is 9.71. The topological polar surface area (TPSA) is 232 Å². The highest BCUT2D eigenvalue weighted by molar-refractivity contribution is 7.89. The Morgan fingerprint density at radius 2 is 0.708 bits per heavy atom. The molecule has 106 heavy (non-hydrogen) atoms. The van der Waals surface area contributed by atoms with Gasteiger partial charge in [0.15, 0.2) is 0 Å². The molecule has 552 valence electrons. The summed E-state index contributed by atoms with van der Waals surface area (Å²) < 4.78 is 136. The number of piperazine rings is 1. The molecule has 0 unspecified atom stereocenters. The van der Waals surface area contributed by atoms with Crippen LogP contribution in [0, 0.1) is 55.4 Å². The molecule has 0 bridgehead atoms. The first-order valence-electron chi connectivity index (χ1n) is 35.4. The molecule has 0 radical (unpaired) electrons. The molecule has 0 aromatic heterocycles. The molecule has 10 aromatic rings. The smallest absolute Gasteiger partial charge is 0.208 e. The van der Waals surface area contributed by atoms with E-state index in [4.69, 9.17) is 9.47 Å². The maximum atomic E-state index is 12.4. The van der Waals surface area contributed by atoms with Crippen LogP contribution >= 0.6 is 0 Å². The third-order valence-corrected chi connectivity index (χ3v) is 23.0. The van der Waals surface area contributed by atoms with E-state index in [1.54, 1.807) is 36.4 Å². The lowest BCUT2D eigenvalue weighted by Crippen LogP contribution is -2.47. The highest BCUT2D eigenvalue weighted by Gasteiger charge is 2.27. The Morgan fingerprint density at radius 1 is 0.377 bits per heavy atom. The number of ether oxygens (including phenoxy) is 2. The molecule has 3 heterocycles. The Morgan fingerprint density at radius 3 is 1.04 bits per heavy atom. The van der Waals surface area contributed by atoms with Gasteiger partial charge in [-0.15, -0.1) is 0 Å². The van der Waals surface area contributed by atoms with Crippen LogP contribution in [0.1, 0.15) is 113 Å². The second kappa shape index (κ2) is 33.3. The van der Waals surface area contributed by atoms with Crippen molar-refractivity contribution < 1.29 is 52.3 Å². The molecule has 13 rings (SSSR count). The molecule has 0 atom stereocenters. The molecule has 20 heteroatoms. The van der Waals surface area contributed by atoms with Crippen LogP contribution in [0.5, 0.6) is 23.0 Å². The largest absolute Gasteiger partial charge is 0.744 e. The van der Waals surface area contributed by atoms with Crippen molar-refractivity contribution in [3.8, 4) is 23.0 Å². The van der Waals surface area contributed by atoms with E-state index in [1.165, 1.54) is 80.3 Å². The summed E-state index contributed by atoms with van der Waals surface area (Å²) in [5.41, 5.74) is 20.2. The fraction of sp³-hybridized carbons (Fsp3) is 0.256. The Kier molecular flexibility index (Phi) is 24.5. The van der Waals surface area contributed by atoms with Gasteiger partial charge in [0.25, 0.3) is 0 Å². The van der Waals surface area contributed by atoms with E-state index in [-0.39, 0.29) is 9.79 Å². The van der Waals surface area contributed by atoms with Gasteiger partial charge in [-0.1, -0.05) is 146 Å². The van der Waals surface area contributed by atoms with Crippen molar-refractivity contribution in [2.75, 3.05) is 64.9 Å². The van der Waals surface area contributed by atoms with E-state index in [9.17, 15) is 42.8 Å². The van der Waals surface area contributed by atoms with Gasteiger partial charge in [-0.25, -0.2) is 43.1 Å². The summed E-state index contributed by atoms with van der Waals surface area (Å²) in [6.45, 7) is 23.5. The van der Waals surface area contributed by atoms with E-state index < -0.39 is 40.3 Å². The highest BCUT2D eigenvalue weighted by atomic mass is 32.2. The standard InChI is InChI=1S/2C37H32O4S.C12H28N4O4S2/c2*1-23-9-7-10-24(2)32(23)19-27-15-17-29-34(21-27)41-35-22-28(20-33-25(3)11-8-12-26(33)4)16-18-30(35)37(29)31-13-5-6-14-36(31)42(38,39)40;1-21(17,18)13-5-3-7-15-9-11-16(12-10-15)8-4-6-14-22(2,19)20/h2*5-19,21-22H,20H2,1-4H3,(H,38,39,40);13-14H,3-12H2,1-2H3/p-2/b2*27-19+;. The van der Waals surface area contributed by atoms with E-state index >= 15 is 0 Å². The number of fused-ring (bicyclic) bond motifs is 4. The number of nitrogens with one attached hydrogen (secondary N) is 2. The Hall–Kier alpha value is -9.16. The van der Waals surface area contributed by atoms with Crippen LogP contribution in [0.3, 0.4) is 0 Å². The van der Waals surface area contributed by atoms with Crippen molar-refractivity contribution in [1.29, 1.82) is 0 Å². The molecular weight excluding hydrogens is 1410 g/mol. The molecule has 2 N–H and O–H groups in total. The first kappa shape index (κ1) is 77.9. The minimum atomic E-state index is -4.72. The molecule has 1 fully saturated rings. The van der Waals surface area contributed by atoms with Crippen molar-refractivity contribution in [1.82, 2.24) is 19.2 Å². The molecule has 0 spiro atoms. The van der Waals surface area contributed by atoms with Gasteiger partial charge >= 0.3 is 0 Å². The lowest BCUT2D eigenvalue weighted by atomic mass is 9.90. The molecule has 3 aliphatic heterocycles. The minimum Gasteiger partial charge on any atom is -0.744 e. The fourth-order valence-corrected chi connectivity index (χ4v) is 16.5. The quantitative estimate of drug-likeness (QED) is 0.0534. The van der Waals surface area contributed by atoms with Crippen molar-refractivity contribution in [3.63, 3.8) is 0 Å². The number of sulfonamides is 2. The van der Waals surface area contributed by atoms with Crippen LogP contribution in [0.15, 0.2) is 204 Å². The zero-order chi connectivity index (χ0) is 75.8. The highest BCUT2D eigenvalue weighted by Crippen LogP contribution is 2.41. The van der Waals surface area contributed by atoms with Gasteiger partial charge in [0.1, 0.15) is 43.2 Å². The van der Waals surface area contributed by atoms with E-state index in [0.29, 0.717) is 58.4 Å². The average Bonchev–Trinajstić information content (AvgIpc) is 0.748. The zero-order valence-electron chi connectivity index (χ0n) is 61.5.